The average molecular weight is 317 g/mol. The van der Waals surface area contributed by atoms with Crippen LogP contribution in [-0.2, 0) is 0 Å². The van der Waals surface area contributed by atoms with E-state index in [0.29, 0.717) is 10.9 Å². The standard InChI is InChI=1S/C14H11N3O4S/c1-21-7-3-4-8(9(5-7)13(19)20)11-10(6-15)12(18)17-14(16-11)22-2/h3-5H,1-2H3,(H,19,20)(H,16,17,18). The smallest absolute Gasteiger partial charge is 0.336 e. The van der Waals surface area contributed by atoms with E-state index in [4.69, 9.17) is 10.00 Å². The van der Waals surface area contributed by atoms with Crippen molar-refractivity contribution in [3.8, 4) is 23.1 Å². The molecule has 112 valence electrons. The third-order valence-electron chi connectivity index (χ3n) is 2.92. The Kier molecular flexibility index (Phi) is 4.48. The van der Waals surface area contributed by atoms with Crippen molar-refractivity contribution in [3.63, 3.8) is 0 Å². The second-order valence-electron chi connectivity index (χ2n) is 4.13. The molecule has 0 aliphatic carbocycles. The number of carbonyl (C=O) groups is 1. The van der Waals surface area contributed by atoms with Gasteiger partial charge < -0.3 is 14.8 Å². The van der Waals surface area contributed by atoms with Crippen molar-refractivity contribution < 1.29 is 14.6 Å². The number of carboxylic acids is 1. The number of hydrogen-bond donors (Lipinski definition) is 2. The van der Waals surface area contributed by atoms with Gasteiger partial charge in [-0.05, 0) is 24.5 Å². The molecule has 2 aromatic rings. The zero-order chi connectivity index (χ0) is 16.3. The lowest BCUT2D eigenvalue weighted by Crippen LogP contribution is -2.15. The summed E-state index contributed by atoms with van der Waals surface area (Å²) in [6, 6.07) is 6.10. The number of carboxylic acid groups (broad SMARTS) is 1. The van der Waals surface area contributed by atoms with E-state index in [9.17, 15) is 14.7 Å². The summed E-state index contributed by atoms with van der Waals surface area (Å²) in [6.07, 6.45) is 1.71. The summed E-state index contributed by atoms with van der Waals surface area (Å²) >= 11 is 1.18. The molecule has 0 bridgehead atoms. The maximum absolute atomic E-state index is 11.9. The third-order valence-corrected chi connectivity index (χ3v) is 3.50. The molecule has 0 atom stereocenters. The Bertz CT molecular complexity index is 839. The van der Waals surface area contributed by atoms with Crippen molar-refractivity contribution in [3.05, 3.63) is 39.7 Å². The summed E-state index contributed by atoms with van der Waals surface area (Å²) in [5.41, 5.74) is -0.711. The van der Waals surface area contributed by atoms with Crippen molar-refractivity contribution in [2.24, 2.45) is 0 Å². The van der Waals surface area contributed by atoms with Crippen molar-refractivity contribution in [2.75, 3.05) is 13.4 Å². The molecule has 7 nitrogen and oxygen atoms in total. The Morgan fingerprint density at radius 3 is 2.77 bits per heavy atom. The molecular weight excluding hydrogens is 306 g/mol. The molecule has 1 heterocycles. The topological polar surface area (TPSA) is 116 Å². The lowest BCUT2D eigenvalue weighted by Gasteiger charge is -2.10. The molecule has 0 fully saturated rings. The highest BCUT2D eigenvalue weighted by molar-refractivity contribution is 7.98. The fourth-order valence-corrected chi connectivity index (χ4v) is 2.26. The number of aromatic carboxylic acids is 1. The molecule has 0 saturated carbocycles. The van der Waals surface area contributed by atoms with Gasteiger partial charge >= 0.3 is 5.97 Å². The molecule has 0 unspecified atom stereocenters. The van der Waals surface area contributed by atoms with E-state index in [0.717, 1.165) is 0 Å². The van der Waals surface area contributed by atoms with Crippen LogP contribution in [0.1, 0.15) is 15.9 Å². The molecule has 0 saturated heterocycles. The molecule has 8 heteroatoms. The monoisotopic (exact) mass is 317 g/mol. The van der Waals surface area contributed by atoms with Crippen LogP contribution in [0.2, 0.25) is 0 Å². The van der Waals surface area contributed by atoms with Crippen LogP contribution in [0.3, 0.4) is 0 Å². The van der Waals surface area contributed by atoms with Crippen LogP contribution in [0.15, 0.2) is 28.2 Å². The molecule has 0 amide bonds. The van der Waals surface area contributed by atoms with Crippen molar-refractivity contribution >= 4 is 17.7 Å². The summed E-state index contributed by atoms with van der Waals surface area (Å²) in [5.74, 6) is -0.847. The van der Waals surface area contributed by atoms with Crippen LogP contribution >= 0.6 is 11.8 Å². The number of benzene rings is 1. The van der Waals surface area contributed by atoms with Crippen LogP contribution in [0, 0.1) is 11.3 Å². The minimum Gasteiger partial charge on any atom is -0.497 e. The first-order valence-corrected chi connectivity index (χ1v) is 7.24. The summed E-state index contributed by atoms with van der Waals surface area (Å²) in [6.45, 7) is 0. The third kappa shape index (κ3) is 2.80. The van der Waals surface area contributed by atoms with E-state index in [1.54, 1.807) is 18.4 Å². The average Bonchev–Trinajstić information content (AvgIpc) is 2.53. The molecule has 1 aromatic heterocycles. The van der Waals surface area contributed by atoms with Gasteiger partial charge in [0.05, 0.1) is 18.4 Å². The molecule has 22 heavy (non-hydrogen) atoms. The highest BCUT2D eigenvalue weighted by Gasteiger charge is 2.20. The Balaban J connectivity index is 2.82. The molecule has 0 aliphatic heterocycles. The van der Waals surface area contributed by atoms with Crippen LogP contribution in [0.25, 0.3) is 11.3 Å². The number of thioether (sulfide) groups is 1. The Morgan fingerprint density at radius 1 is 1.50 bits per heavy atom. The minimum atomic E-state index is -1.20. The number of nitrogens with zero attached hydrogens (tertiary/aromatic N) is 2. The molecule has 0 aliphatic rings. The van der Waals surface area contributed by atoms with Crippen molar-refractivity contribution in [1.29, 1.82) is 5.26 Å². The maximum Gasteiger partial charge on any atom is 0.336 e. The van der Waals surface area contributed by atoms with Crippen LogP contribution < -0.4 is 10.3 Å². The van der Waals surface area contributed by atoms with Gasteiger partial charge in [0.25, 0.3) is 5.56 Å². The van der Waals surface area contributed by atoms with E-state index in [2.05, 4.69) is 9.97 Å². The zero-order valence-corrected chi connectivity index (χ0v) is 12.5. The highest BCUT2D eigenvalue weighted by atomic mass is 32.2. The quantitative estimate of drug-likeness (QED) is 0.651. The first-order valence-electron chi connectivity index (χ1n) is 6.02. The van der Waals surface area contributed by atoms with Gasteiger partial charge in [0.2, 0.25) is 0 Å². The van der Waals surface area contributed by atoms with Crippen molar-refractivity contribution in [1.82, 2.24) is 9.97 Å². The lowest BCUT2D eigenvalue weighted by molar-refractivity contribution is 0.0697. The summed E-state index contributed by atoms with van der Waals surface area (Å²) in [7, 11) is 1.42. The molecule has 0 radical (unpaired) electrons. The SMILES string of the molecule is COc1ccc(-c2nc(SC)[nH]c(=O)c2C#N)c(C(=O)O)c1. The largest absolute Gasteiger partial charge is 0.497 e. The number of methoxy groups -OCH3 is 1. The number of nitrogens with one attached hydrogen (secondary N) is 1. The predicted octanol–water partition coefficient (Wildman–Crippen LogP) is 1.74. The summed E-state index contributed by atoms with van der Waals surface area (Å²) in [5, 5.41) is 18.8. The number of hydrogen-bond acceptors (Lipinski definition) is 6. The normalized spacial score (nSPS) is 10.0. The second kappa shape index (κ2) is 6.32. The molecular formula is C14H11N3O4S. The van der Waals surface area contributed by atoms with Crippen molar-refractivity contribution in [2.45, 2.75) is 5.16 Å². The number of ether oxygens (including phenoxy) is 1. The first kappa shape index (κ1) is 15.6. The Hall–Kier alpha value is -2.79. The predicted molar refractivity (Wildman–Crippen MR) is 80.3 cm³/mol. The number of H-pyrrole nitrogens is 1. The highest BCUT2D eigenvalue weighted by Crippen LogP contribution is 2.28. The molecule has 2 rings (SSSR count). The fourth-order valence-electron chi connectivity index (χ4n) is 1.88. The Morgan fingerprint density at radius 2 is 2.23 bits per heavy atom. The molecule has 0 spiro atoms. The second-order valence-corrected chi connectivity index (χ2v) is 4.92. The van der Waals surface area contributed by atoms with Gasteiger partial charge in [-0.15, -0.1) is 0 Å². The van der Waals surface area contributed by atoms with E-state index in [-0.39, 0.29) is 22.4 Å². The van der Waals surface area contributed by atoms with Gasteiger partial charge in [-0.25, -0.2) is 9.78 Å². The van der Waals surface area contributed by atoms with Gasteiger partial charge in [0.1, 0.15) is 17.4 Å². The van der Waals surface area contributed by atoms with E-state index < -0.39 is 11.5 Å². The number of nitriles is 1. The Labute approximate surface area is 129 Å². The van der Waals surface area contributed by atoms with Gasteiger partial charge in [0, 0.05) is 5.56 Å². The zero-order valence-electron chi connectivity index (χ0n) is 11.7. The van der Waals surface area contributed by atoms with E-state index in [1.807, 2.05) is 0 Å². The number of aromatic nitrogens is 2. The summed E-state index contributed by atoms with van der Waals surface area (Å²) < 4.78 is 5.00. The molecule has 2 N–H and O–H groups in total. The van der Waals surface area contributed by atoms with E-state index >= 15 is 0 Å². The van der Waals surface area contributed by atoms with Gasteiger partial charge in [-0.1, -0.05) is 11.8 Å². The number of aromatic amines is 1. The minimum absolute atomic E-state index is 0.0376. The van der Waals surface area contributed by atoms with Gasteiger partial charge in [-0.2, -0.15) is 5.26 Å². The van der Waals surface area contributed by atoms with Gasteiger partial charge in [-0.3, -0.25) is 4.79 Å². The fraction of sp³-hybridized carbons (Fsp3) is 0.143. The molecule has 1 aromatic carbocycles. The van der Waals surface area contributed by atoms with Crippen LogP contribution in [0.4, 0.5) is 0 Å². The lowest BCUT2D eigenvalue weighted by atomic mass is 10.0. The van der Waals surface area contributed by atoms with E-state index in [1.165, 1.54) is 31.0 Å². The van der Waals surface area contributed by atoms with Crippen LogP contribution in [-0.4, -0.2) is 34.4 Å². The first-order chi connectivity index (χ1) is 10.5. The number of rotatable bonds is 4. The summed E-state index contributed by atoms with van der Waals surface area (Å²) in [4.78, 5) is 30.0. The maximum atomic E-state index is 11.9. The van der Waals surface area contributed by atoms with Gasteiger partial charge in [0.15, 0.2) is 5.16 Å². The van der Waals surface area contributed by atoms with Crippen LogP contribution in [0.5, 0.6) is 5.75 Å².